The predicted octanol–water partition coefficient (Wildman–Crippen LogP) is 5.01. The van der Waals surface area contributed by atoms with Gasteiger partial charge in [-0.3, -0.25) is 4.79 Å². The fraction of sp³-hybridized carbons (Fsp3) is 0.318. The van der Waals surface area contributed by atoms with Crippen LogP contribution in [0.15, 0.2) is 48.5 Å². The third-order valence-electron chi connectivity index (χ3n) is 4.01. The van der Waals surface area contributed by atoms with E-state index < -0.39 is 0 Å². The second-order valence-corrected chi connectivity index (χ2v) is 6.19. The fourth-order valence-corrected chi connectivity index (χ4v) is 2.52. The molecule has 0 atom stereocenters. The predicted molar refractivity (Wildman–Crippen MR) is 108 cm³/mol. The number of anilines is 1. The van der Waals surface area contributed by atoms with Gasteiger partial charge < -0.3 is 19.9 Å². The number of phenolic OH excluding ortho intramolecular Hbond substituents is 1. The molecule has 0 aromatic heterocycles. The number of carbonyl (C=O) groups excluding carboxylic acids is 1. The molecule has 2 aromatic rings. The smallest absolute Gasteiger partial charge is 0.248 e. The van der Waals surface area contributed by atoms with E-state index in [4.69, 9.17) is 9.47 Å². The molecule has 1 amide bonds. The van der Waals surface area contributed by atoms with E-state index in [1.165, 1.54) is 31.1 Å². The van der Waals surface area contributed by atoms with Gasteiger partial charge in [-0.1, -0.05) is 32.3 Å². The van der Waals surface area contributed by atoms with Crippen molar-refractivity contribution in [3.05, 3.63) is 54.1 Å². The molecule has 0 bridgehead atoms. The minimum atomic E-state index is -0.254. The van der Waals surface area contributed by atoms with Crippen LogP contribution in [0.3, 0.4) is 0 Å². The van der Waals surface area contributed by atoms with Gasteiger partial charge in [0.2, 0.25) is 5.91 Å². The van der Waals surface area contributed by atoms with E-state index in [9.17, 15) is 9.90 Å². The zero-order valence-electron chi connectivity index (χ0n) is 15.9. The monoisotopic (exact) mass is 369 g/mol. The first-order chi connectivity index (χ1) is 13.1. The molecule has 0 unspecified atom stereocenters. The normalized spacial score (nSPS) is 10.7. The van der Waals surface area contributed by atoms with Crippen LogP contribution in [0.4, 0.5) is 5.69 Å². The van der Waals surface area contributed by atoms with Crippen LogP contribution in [-0.2, 0) is 4.79 Å². The number of aromatic hydroxyl groups is 1. The Morgan fingerprint density at radius 2 is 1.85 bits per heavy atom. The zero-order valence-corrected chi connectivity index (χ0v) is 15.9. The number of methoxy groups -OCH3 is 1. The first-order valence-corrected chi connectivity index (χ1v) is 9.21. The minimum Gasteiger partial charge on any atom is -0.508 e. The van der Waals surface area contributed by atoms with E-state index in [1.807, 2.05) is 18.2 Å². The summed E-state index contributed by atoms with van der Waals surface area (Å²) in [5.41, 5.74) is 1.46. The number of hydrogen-bond donors (Lipinski definition) is 2. The summed E-state index contributed by atoms with van der Waals surface area (Å²) in [6.45, 7) is 2.85. The first kappa shape index (κ1) is 20.4. The first-order valence-electron chi connectivity index (χ1n) is 9.21. The SMILES string of the molecule is CCCCCCOc1ccc(/C=C/C(=O)Nc2ccc(O)cc2)cc1OC. The third kappa shape index (κ3) is 7.05. The minimum absolute atomic E-state index is 0.156. The van der Waals surface area contributed by atoms with Crippen molar-refractivity contribution in [1.29, 1.82) is 0 Å². The summed E-state index contributed by atoms with van der Waals surface area (Å²) in [5, 5.41) is 12.0. The molecule has 144 valence electrons. The molecular weight excluding hydrogens is 342 g/mol. The van der Waals surface area contributed by atoms with Crippen molar-refractivity contribution in [1.82, 2.24) is 0 Å². The molecule has 2 N–H and O–H groups in total. The average Bonchev–Trinajstić information content (AvgIpc) is 2.68. The lowest BCUT2D eigenvalue weighted by atomic mass is 10.2. The van der Waals surface area contributed by atoms with E-state index in [-0.39, 0.29) is 11.7 Å². The van der Waals surface area contributed by atoms with E-state index in [0.717, 1.165) is 18.4 Å². The number of carbonyl (C=O) groups is 1. The van der Waals surface area contributed by atoms with Crippen molar-refractivity contribution in [2.75, 3.05) is 19.0 Å². The Bertz CT molecular complexity index is 753. The Balaban J connectivity index is 1.92. The lowest BCUT2D eigenvalue weighted by molar-refractivity contribution is -0.111. The van der Waals surface area contributed by atoms with Crippen molar-refractivity contribution in [3.63, 3.8) is 0 Å². The molecule has 5 heteroatoms. The lowest BCUT2D eigenvalue weighted by Crippen LogP contribution is -2.07. The highest BCUT2D eigenvalue weighted by molar-refractivity contribution is 6.01. The third-order valence-corrected chi connectivity index (χ3v) is 4.01. The maximum Gasteiger partial charge on any atom is 0.248 e. The topological polar surface area (TPSA) is 67.8 Å². The number of benzene rings is 2. The molecule has 0 radical (unpaired) electrons. The van der Waals surface area contributed by atoms with Gasteiger partial charge in [-0.2, -0.15) is 0 Å². The summed E-state index contributed by atoms with van der Waals surface area (Å²) < 4.78 is 11.2. The second kappa shape index (κ2) is 10.9. The van der Waals surface area contributed by atoms with Crippen LogP contribution in [0.5, 0.6) is 17.2 Å². The zero-order chi connectivity index (χ0) is 19.5. The Labute approximate surface area is 160 Å². The molecule has 0 saturated heterocycles. The maximum absolute atomic E-state index is 12.0. The van der Waals surface area contributed by atoms with Crippen molar-refractivity contribution in [2.45, 2.75) is 32.6 Å². The van der Waals surface area contributed by atoms with Crippen molar-refractivity contribution < 1.29 is 19.4 Å². The molecule has 2 aromatic carbocycles. The van der Waals surface area contributed by atoms with Gasteiger partial charge in [-0.15, -0.1) is 0 Å². The number of amides is 1. The van der Waals surface area contributed by atoms with Gasteiger partial charge in [-0.25, -0.2) is 0 Å². The Morgan fingerprint density at radius 3 is 2.56 bits per heavy atom. The lowest BCUT2D eigenvalue weighted by Gasteiger charge is -2.11. The van der Waals surface area contributed by atoms with Crippen LogP contribution in [-0.4, -0.2) is 24.7 Å². The van der Waals surface area contributed by atoms with Crippen LogP contribution in [0.2, 0.25) is 0 Å². The van der Waals surface area contributed by atoms with E-state index in [1.54, 1.807) is 25.3 Å². The largest absolute Gasteiger partial charge is 0.508 e. The Kier molecular flexibility index (Phi) is 8.23. The molecule has 0 saturated carbocycles. The molecule has 0 heterocycles. The maximum atomic E-state index is 12.0. The van der Waals surface area contributed by atoms with Crippen LogP contribution in [0.25, 0.3) is 6.08 Å². The molecule has 0 aliphatic carbocycles. The van der Waals surface area contributed by atoms with Gasteiger partial charge >= 0.3 is 0 Å². The standard InChI is InChI=1S/C22H27NO4/c1-3-4-5-6-15-27-20-13-7-17(16-21(20)26-2)8-14-22(25)23-18-9-11-19(24)12-10-18/h7-14,16,24H,3-6,15H2,1-2H3,(H,23,25)/b14-8+. The van der Waals surface area contributed by atoms with Crippen LogP contribution in [0.1, 0.15) is 38.2 Å². The van der Waals surface area contributed by atoms with Gasteiger partial charge in [0.25, 0.3) is 0 Å². The molecule has 0 aliphatic rings. The highest BCUT2D eigenvalue weighted by atomic mass is 16.5. The van der Waals surface area contributed by atoms with Crippen molar-refractivity contribution in [2.24, 2.45) is 0 Å². The summed E-state index contributed by atoms with van der Waals surface area (Å²) in [6.07, 6.45) is 7.77. The molecule has 0 fully saturated rings. The van der Waals surface area contributed by atoms with E-state index in [0.29, 0.717) is 23.8 Å². The summed E-state index contributed by atoms with van der Waals surface area (Å²) in [4.78, 5) is 12.0. The van der Waals surface area contributed by atoms with Crippen LogP contribution in [0, 0.1) is 0 Å². The Morgan fingerprint density at radius 1 is 1.07 bits per heavy atom. The van der Waals surface area contributed by atoms with Crippen LogP contribution < -0.4 is 14.8 Å². The quantitative estimate of drug-likeness (QED) is 0.351. The molecular formula is C22H27NO4. The van der Waals surface area contributed by atoms with Gasteiger partial charge in [0, 0.05) is 11.8 Å². The summed E-state index contributed by atoms with van der Waals surface area (Å²) in [7, 11) is 1.60. The summed E-state index contributed by atoms with van der Waals surface area (Å²) in [5.74, 6) is 1.26. The number of unbranched alkanes of at least 4 members (excludes halogenated alkanes) is 3. The Hall–Kier alpha value is -2.95. The number of hydrogen-bond acceptors (Lipinski definition) is 4. The molecule has 5 nitrogen and oxygen atoms in total. The highest BCUT2D eigenvalue weighted by Crippen LogP contribution is 2.28. The summed E-state index contributed by atoms with van der Waals surface area (Å²) in [6, 6.07) is 11.9. The van der Waals surface area contributed by atoms with Gasteiger partial charge in [-0.05, 0) is 54.5 Å². The molecule has 0 spiro atoms. The number of nitrogens with one attached hydrogen (secondary N) is 1. The number of phenols is 1. The van der Waals surface area contributed by atoms with Gasteiger partial charge in [0.05, 0.1) is 13.7 Å². The average molecular weight is 369 g/mol. The van der Waals surface area contributed by atoms with Gasteiger partial charge in [0.1, 0.15) is 5.75 Å². The highest BCUT2D eigenvalue weighted by Gasteiger charge is 2.05. The second-order valence-electron chi connectivity index (χ2n) is 6.19. The molecule has 27 heavy (non-hydrogen) atoms. The molecule has 0 aliphatic heterocycles. The summed E-state index contributed by atoms with van der Waals surface area (Å²) >= 11 is 0. The van der Waals surface area contributed by atoms with E-state index >= 15 is 0 Å². The number of rotatable bonds is 10. The van der Waals surface area contributed by atoms with E-state index in [2.05, 4.69) is 12.2 Å². The van der Waals surface area contributed by atoms with Crippen LogP contribution >= 0.6 is 0 Å². The van der Waals surface area contributed by atoms with Crippen molar-refractivity contribution in [3.8, 4) is 17.2 Å². The van der Waals surface area contributed by atoms with Crippen molar-refractivity contribution >= 4 is 17.7 Å². The number of ether oxygens (including phenoxy) is 2. The fourth-order valence-electron chi connectivity index (χ4n) is 2.52. The van der Waals surface area contributed by atoms with Gasteiger partial charge in [0.15, 0.2) is 11.5 Å². The molecule has 2 rings (SSSR count).